The summed E-state index contributed by atoms with van der Waals surface area (Å²) in [6.45, 7) is 6.90. The van der Waals surface area contributed by atoms with Gasteiger partial charge in [0.05, 0.1) is 15.1 Å². The predicted octanol–water partition coefficient (Wildman–Crippen LogP) is 4.61. The Labute approximate surface area is 231 Å². The van der Waals surface area contributed by atoms with Gasteiger partial charge in [0.25, 0.3) is 15.9 Å². The highest BCUT2D eigenvalue weighted by Crippen LogP contribution is 2.31. The predicted molar refractivity (Wildman–Crippen MR) is 154 cm³/mol. The Balaban J connectivity index is 1.11. The number of aromatic nitrogens is 1. The van der Waals surface area contributed by atoms with E-state index in [2.05, 4.69) is 45.0 Å². The van der Waals surface area contributed by atoms with E-state index in [0.29, 0.717) is 22.8 Å². The van der Waals surface area contributed by atoms with Crippen molar-refractivity contribution in [3.8, 4) is 0 Å². The first-order chi connectivity index (χ1) is 18.3. The van der Waals surface area contributed by atoms with Crippen molar-refractivity contribution in [2.24, 2.45) is 0 Å². The van der Waals surface area contributed by atoms with E-state index >= 15 is 0 Å². The minimum atomic E-state index is -3.79. The summed E-state index contributed by atoms with van der Waals surface area (Å²) in [5.41, 5.74) is 2.98. The fraction of sp³-hybridized carbons (Fsp3) is 0.259. The molecule has 1 aliphatic heterocycles. The maximum absolute atomic E-state index is 12.7. The smallest absolute Gasteiger partial charge is 0.261 e. The Hall–Kier alpha value is -3.18. The molecule has 1 amide bonds. The van der Waals surface area contributed by atoms with Gasteiger partial charge in [0.15, 0.2) is 5.13 Å². The lowest BCUT2D eigenvalue weighted by atomic mass is 10.2. The molecule has 1 fully saturated rings. The van der Waals surface area contributed by atoms with Gasteiger partial charge in [-0.2, -0.15) is 0 Å². The van der Waals surface area contributed by atoms with Gasteiger partial charge in [-0.25, -0.2) is 13.4 Å². The molecular weight excluding hydrogens is 542 g/mol. The summed E-state index contributed by atoms with van der Waals surface area (Å²) in [6, 6.07) is 18.6. The van der Waals surface area contributed by atoms with Gasteiger partial charge in [-0.1, -0.05) is 41.1 Å². The zero-order valence-corrected chi connectivity index (χ0v) is 23.2. The lowest BCUT2D eigenvalue weighted by Crippen LogP contribution is -2.48. The van der Waals surface area contributed by atoms with Crippen LogP contribution in [0.2, 0.25) is 5.02 Å². The SMILES string of the molecule is Cc1cccc2sc(N3CCN(CCNC(=O)c4cccc(NS(=O)(=O)c5ccc(Cl)cc5)c4)CC3)nc12. The molecule has 198 valence electrons. The van der Waals surface area contributed by atoms with Crippen LogP contribution in [0.4, 0.5) is 10.8 Å². The molecule has 0 spiro atoms. The van der Waals surface area contributed by atoms with Gasteiger partial charge in [0, 0.05) is 55.5 Å². The first-order valence-corrected chi connectivity index (χ1v) is 15.0. The van der Waals surface area contributed by atoms with Crippen LogP contribution < -0.4 is 14.9 Å². The highest BCUT2D eigenvalue weighted by atomic mass is 35.5. The molecule has 0 atom stereocenters. The van der Waals surface area contributed by atoms with Crippen LogP contribution in [-0.2, 0) is 10.0 Å². The van der Waals surface area contributed by atoms with Gasteiger partial charge in [0.2, 0.25) is 0 Å². The third-order valence-electron chi connectivity index (χ3n) is 6.47. The number of hydrogen-bond donors (Lipinski definition) is 2. The van der Waals surface area contributed by atoms with E-state index < -0.39 is 10.0 Å². The number of fused-ring (bicyclic) bond motifs is 1. The van der Waals surface area contributed by atoms with Gasteiger partial charge in [-0.15, -0.1) is 0 Å². The van der Waals surface area contributed by atoms with Crippen molar-refractivity contribution >= 4 is 59.9 Å². The Kier molecular flexibility index (Phi) is 7.85. The molecule has 38 heavy (non-hydrogen) atoms. The quantitative estimate of drug-likeness (QED) is 0.322. The topological polar surface area (TPSA) is 94.6 Å². The van der Waals surface area contributed by atoms with Crippen molar-refractivity contribution < 1.29 is 13.2 Å². The van der Waals surface area contributed by atoms with Crippen LogP contribution in [0.5, 0.6) is 0 Å². The fourth-order valence-electron chi connectivity index (χ4n) is 4.35. The molecule has 2 N–H and O–H groups in total. The van der Waals surface area contributed by atoms with Crippen LogP contribution in [0.3, 0.4) is 0 Å². The molecule has 5 rings (SSSR count). The molecule has 2 heterocycles. The van der Waals surface area contributed by atoms with Crippen LogP contribution in [0.15, 0.2) is 71.6 Å². The molecular formula is C27H28ClN5O3S2. The molecule has 0 bridgehead atoms. The molecule has 4 aromatic rings. The lowest BCUT2D eigenvalue weighted by Gasteiger charge is -2.34. The van der Waals surface area contributed by atoms with Crippen LogP contribution >= 0.6 is 22.9 Å². The highest BCUT2D eigenvalue weighted by molar-refractivity contribution is 7.92. The largest absolute Gasteiger partial charge is 0.351 e. The van der Waals surface area contributed by atoms with Crippen molar-refractivity contribution in [1.29, 1.82) is 0 Å². The standard InChI is InChI=1S/C27H28ClN5O3S2/c1-19-4-2-7-24-25(19)30-27(37-24)33-16-14-32(15-17-33)13-12-29-26(34)20-5-3-6-22(18-20)31-38(35,36)23-10-8-21(28)9-11-23/h2-11,18,31H,12-17H2,1H3,(H,29,34). The number of nitrogens with zero attached hydrogens (tertiary/aromatic N) is 3. The zero-order chi connectivity index (χ0) is 26.7. The molecule has 0 saturated carbocycles. The van der Waals surface area contributed by atoms with Crippen molar-refractivity contribution in [3.05, 3.63) is 82.9 Å². The Morgan fingerprint density at radius 2 is 1.76 bits per heavy atom. The zero-order valence-electron chi connectivity index (χ0n) is 20.9. The van der Waals surface area contributed by atoms with Gasteiger partial charge in [-0.3, -0.25) is 14.4 Å². The molecule has 0 aliphatic carbocycles. The van der Waals surface area contributed by atoms with Crippen LogP contribution in [0.1, 0.15) is 15.9 Å². The van der Waals surface area contributed by atoms with Gasteiger partial charge < -0.3 is 10.2 Å². The normalized spacial score (nSPS) is 14.5. The molecule has 8 nitrogen and oxygen atoms in total. The van der Waals surface area contributed by atoms with E-state index in [-0.39, 0.29) is 10.8 Å². The number of carbonyl (C=O) groups is 1. The second-order valence-corrected chi connectivity index (χ2v) is 12.3. The number of carbonyl (C=O) groups excluding carboxylic acids is 1. The summed E-state index contributed by atoms with van der Waals surface area (Å²) < 4.78 is 29.0. The number of hydrogen-bond acceptors (Lipinski definition) is 7. The number of amides is 1. The molecule has 1 saturated heterocycles. The summed E-state index contributed by atoms with van der Waals surface area (Å²) >= 11 is 7.59. The molecule has 11 heteroatoms. The number of aryl methyl sites for hydroxylation is 1. The Morgan fingerprint density at radius 1 is 1.03 bits per heavy atom. The average Bonchev–Trinajstić information content (AvgIpc) is 3.35. The number of para-hydroxylation sites is 1. The maximum Gasteiger partial charge on any atom is 0.261 e. The highest BCUT2D eigenvalue weighted by Gasteiger charge is 2.20. The number of sulfonamides is 1. The van der Waals surface area contributed by atoms with E-state index in [1.807, 2.05) is 0 Å². The van der Waals surface area contributed by atoms with Crippen LogP contribution in [-0.4, -0.2) is 63.5 Å². The number of halogens is 1. The first kappa shape index (κ1) is 26.4. The monoisotopic (exact) mass is 569 g/mol. The summed E-state index contributed by atoms with van der Waals surface area (Å²) in [5.74, 6) is -0.249. The number of benzene rings is 3. The van der Waals surface area contributed by atoms with Crippen molar-refractivity contribution in [2.45, 2.75) is 11.8 Å². The molecule has 1 aromatic heterocycles. The van der Waals surface area contributed by atoms with E-state index in [4.69, 9.17) is 16.6 Å². The summed E-state index contributed by atoms with van der Waals surface area (Å²) in [6.07, 6.45) is 0. The summed E-state index contributed by atoms with van der Waals surface area (Å²) in [5, 5.41) is 4.46. The van der Waals surface area contributed by atoms with Gasteiger partial charge >= 0.3 is 0 Å². The minimum absolute atomic E-state index is 0.0927. The van der Waals surface area contributed by atoms with Crippen molar-refractivity contribution in [2.75, 3.05) is 48.9 Å². The summed E-state index contributed by atoms with van der Waals surface area (Å²) in [4.78, 5) is 22.3. The van der Waals surface area contributed by atoms with E-state index in [1.165, 1.54) is 40.6 Å². The van der Waals surface area contributed by atoms with E-state index in [1.54, 1.807) is 29.5 Å². The minimum Gasteiger partial charge on any atom is -0.351 e. The Morgan fingerprint density at radius 3 is 2.50 bits per heavy atom. The molecule has 0 unspecified atom stereocenters. The molecule has 1 aliphatic rings. The average molecular weight is 570 g/mol. The van der Waals surface area contributed by atoms with E-state index in [9.17, 15) is 13.2 Å². The van der Waals surface area contributed by atoms with Crippen LogP contribution in [0.25, 0.3) is 10.2 Å². The number of piperazine rings is 1. The Bertz CT molecular complexity index is 1550. The second-order valence-electron chi connectivity index (χ2n) is 9.14. The van der Waals surface area contributed by atoms with E-state index in [0.717, 1.165) is 43.4 Å². The fourth-order valence-corrected chi connectivity index (χ4v) is 6.62. The third-order valence-corrected chi connectivity index (χ3v) is 9.20. The lowest BCUT2D eigenvalue weighted by molar-refractivity contribution is 0.0948. The van der Waals surface area contributed by atoms with Crippen molar-refractivity contribution in [1.82, 2.24) is 15.2 Å². The second kappa shape index (κ2) is 11.3. The molecule has 3 aromatic carbocycles. The summed E-state index contributed by atoms with van der Waals surface area (Å²) in [7, 11) is -3.79. The van der Waals surface area contributed by atoms with Crippen LogP contribution in [0, 0.1) is 6.92 Å². The number of thiazole rings is 1. The van der Waals surface area contributed by atoms with Gasteiger partial charge in [-0.05, 0) is 61.0 Å². The maximum atomic E-state index is 12.7. The number of anilines is 2. The number of rotatable bonds is 8. The van der Waals surface area contributed by atoms with Gasteiger partial charge in [0.1, 0.15) is 0 Å². The van der Waals surface area contributed by atoms with Crippen molar-refractivity contribution in [3.63, 3.8) is 0 Å². The number of nitrogens with one attached hydrogen (secondary N) is 2. The third kappa shape index (κ3) is 6.10. The first-order valence-electron chi connectivity index (χ1n) is 12.3. The molecule has 0 radical (unpaired) electrons.